The maximum absolute atomic E-state index is 13.5. The molecule has 3 aromatic heterocycles. The molecule has 0 saturated carbocycles. The van der Waals surface area contributed by atoms with Gasteiger partial charge in [0.1, 0.15) is 22.5 Å². The molecule has 6 aromatic rings. The minimum absolute atomic E-state index is 0.186. The van der Waals surface area contributed by atoms with Crippen molar-refractivity contribution in [3.05, 3.63) is 82.0 Å². The van der Waals surface area contributed by atoms with Crippen LogP contribution in [0.5, 0.6) is 5.75 Å². The fourth-order valence-electron chi connectivity index (χ4n) is 3.91. The van der Waals surface area contributed by atoms with E-state index in [4.69, 9.17) is 30.7 Å². The Hall–Kier alpha value is -3.90. The Morgan fingerprint density at radius 1 is 1.00 bits per heavy atom. The molecule has 7 heteroatoms. The van der Waals surface area contributed by atoms with Crippen molar-refractivity contribution in [2.75, 3.05) is 7.11 Å². The molecule has 0 N–H and O–H groups in total. The van der Waals surface area contributed by atoms with E-state index in [-0.39, 0.29) is 11.1 Å². The monoisotopic (exact) mass is 427 g/mol. The zero-order valence-corrected chi connectivity index (χ0v) is 17.1. The molecule has 150 valence electrons. The van der Waals surface area contributed by atoms with E-state index >= 15 is 0 Å². The molecule has 0 unspecified atom stereocenters. The van der Waals surface area contributed by atoms with Crippen molar-refractivity contribution >= 4 is 50.4 Å². The van der Waals surface area contributed by atoms with Gasteiger partial charge in [0.15, 0.2) is 5.65 Å². The Morgan fingerprint density at radius 3 is 2.61 bits per heavy atom. The molecule has 6 rings (SSSR count). The molecule has 0 amide bonds. The molecule has 0 aliphatic rings. The number of imidazole rings is 1. The topological polar surface area (TPSA) is 69.6 Å². The van der Waals surface area contributed by atoms with E-state index < -0.39 is 0 Å². The lowest BCUT2D eigenvalue weighted by Crippen LogP contribution is -2.08. The van der Waals surface area contributed by atoms with Crippen molar-refractivity contribution < 1.29 is 9.15 Å². The summed E-state index contributed by atoms with van der Waals surface area (Å²) in [4.78, 5) is 23.0. The van der Waals surface area contributed by atoms with Crippen LogP contribution in [0.25, 0.3) is 50.1 Å². The van der Waals surface area contributed by atoms with Gasteiger partial charge in [-0.15, -0.1) is 0 Å². The minimum Gasteiger partial charge on any atom is -0.497 e. The number of aromatic nitrogens is 3. The smallest absolute Gasteiger partial charge is 0.236 e. The van der Waals surface area contributed by atoms with Gasteiger partial charge in [-0.1, -0.05) is 23.7 Å². The highest BCUT2D eigenvalue weighted by atomic mass is 35.5. The average molecular weight is 428 g/mol. The Labute approximate surface area is 180 Å². The standard InChI is InChI=1S/C24H14ClN3O3/c1-30-15-10-11-16-19(12-15)31-24-20(21(16)29)23-26-17-4-2-3-5-18(17)28(23)22(27-24)13-6-8-14(25)9-7-13/h2-12H,1H3. The van der Waals surface area contributed by atoms with E-state index in [2.05, 4.69) is 0 Å². The van der Waals surface area contributed by atoms with Crippen LogP contribution < -0.4 is 10.2 Å². The quantitative estimate of drug-likeness (QED) is 0.343. The normalized spacial score (nSPS) is 11.7. The number of ether oxygens (including phenoxy) is 1. The first-order valence-electron chi connectivity index (χ1n) is 9.62. The number of methoxy groups -OCH3 is 1. The van der Waals surface area contributed by atoms with Crippen molar-refractivity contribution in [1.29, 1.82) is 0 Å². The second-order valence-corrected chi connectivity index (χ2v) is 7.61. The van der Waals surface area contributed by atoms with Gasteiger partial charge in [-0.25, -0.2) is 4.98 Å². The van der Waals surface area contributed by atoms with Crippen LogP contribution in [0.3, 0.4) is 0 Å². The molecule has 6 nitrogen and oxygen atoms in total. The summed E-state index contributed by atoms with van der Waals surface area (Å²) in [6.45, 7) is 0. The van der Waals surface area contributed by atoms with Gasteiger partial charge >= 0.3 is 0 Å². The Bertz CT molecular complexity index is 1700. The second kappa shape index (κ2) is 6.55. The molecule has 0 saturated heterocycles. The molecule has 0 aliphatic carbocycles. The van der Waals surface area contributed by atoms with E-state index in [1.54, 1.807) is 37.4 Å². The maximum Gasteiger partial charge on any atom is 0.236 e. The largest absolute Gasteiger partial charge is 0.497 e. The zero-order valence-electron chi connectivity index (χ0n) is 16.3. The highest BCUT2D eigenvalue weighted by Crippen LogP contribution is 2.31. The summed E-state index contributed by atoms with van der Waals surface area (Å²) in [5.74, 6) is 1.21. The molecule has 0 spiro atoms. The Balaban J connectivity index is 1.84. The zero-order chi connectivity index (χ0) is 21.1. The maximum atomic E-state index is 13.5. The van der Waals surface area contributed by atoms with Crippen LogP contribution in [-0.2, 0) is 0 Å². The van der Waals surface area contributed by atoms with Crippen molar-refractivity contribution in [3.63, 3.8) is 0 Å². The first kappa shape index (κ1) is 17.9. The minimum atomic E-state index is -0.186. The molecular weight excluding hydrogens is 414 g/mol. The Kier molecular flexibility index (Phi) is 3.79. The number of rotatable bonds is 2. The number of para-hydroxylation sites is 2. The van der Waals surface area contributed by atoms with Gasteiger partial charge in [0, 0.05) is 16.7 Å². The lowest BCUT2D eigenvalue weighted by Gasteiger charge is -2.09. The van der Waals surface area contributed by atoms with Crippen molar-refractivity contribution in [2.24, 2.45) is 0 Å². The summed E-state index contributed by atoms with van der Waals surface area (Å²) >= 11 is 6.09. The van der Waals surface area contributed by atoms with Gasteiger partial charge < -0.3 is 9.15 Å². The molecule has 0 bridgehead atoms. The van der Waals surface area contributed by atoms with Gasteiger partial charge in [0.2, 0.25) is 11.1 Å². The number of hydrogen-bond acceptors (Lipinski definition) is 5. The van der Waals surface area contributed by atoms with Crippen molar-refractivity contribution in [2.45, 2.75) is 0 Å². The molecule has 0 aliphatic heterocycles. The van der Waals surface area contributed by atoms with Crippen molar-refractivity contribution in [3.8, 4) is 17.1 Å². The molecule has 0 atom stereocenters. The van der Waals surface area contributed by atoms with E-state index in [1.807, 2.05) is 40.8 Å². The van der Waals surface area contributed by atoms with Crippen LogP contribution in [0.15, 0.2) is 75.9 Å². The van der Waals surface area contributed by atoms with Crippen LogP contribution in [0, 0.1) is 0 Å². The summed E-state index contributed by atoms with van der Waals surface area (Å²) in [5, 5.41) is 1.41. The first-order chi connectivity index (χ1) is 15.1. The third-order valence-corrected chi connectivity index (χ3v) is 5.64. The molecular formula is C24H14ClN3O3. The number of nitrogens with zero attached hydrogens (tertiary/aromatic N) is 3. The molecule has 3 aromatic carbocycles. The van der Waals surface area contributed by atoms with Gasteiger partial charge in [-0.3, -0.25) is 9.20 Å². The van der Waals surface area contributed by atoms with Crippen molar-refractivity contribution in [1.82, 2.24) is 14.4 Å². The van der Waals surface area contributed by atoms with Crippen LogP contribution >= 0.6 is 11.6 Å². The predicted octanol–water partition coefficient (Wildman–Crippen LogP) is 5.47. The van der Waals surface area contributed by atoms with Crippen LogP contribution in [0.2, 0.25) is 5.02 Å². The summed E-state index contributed by atoms with van der Waals surface area (Å²) in [5.41, 5.74) is 3.39. The number of benzene rings is 3. The van der Waals surface area contributed by atoms with Crippen LogP contribution in [-0.4, -0.2) is 21.5 Å². The fraction of sp³-hybridized carbons (Fsp3) is 0.0417. The third kappa shape index (κ3) is 2.62. The summed E-state index contributed by atoms with van der Waals surface area (Å²) in [6, 6.07) is 20.2. The van der Waals surface area contributed by atoms with Gasteiger partial charge in [-0.05, 0) is 48.5 Å². The van der Waals surface area contributed by atoms with E-state index in [9.17, 15) is 4.79 Å². The summed E-state index contributed by atoms with van der Waals surface area (Å²) in [6.07, 6.45) is 0. The van der Waals surface area contributed by atoms with E-state index in [0.29, 0.717) is 38.6 Å². The molecule has 0 fully saturated rings. The highest BCUT2D eigenvalue weighted by Gasteiger charge is 2.20. The Morgan fingerprint density at radius 2 is 1.81 bits per heavy atom. The number of halogens is 1. The summed E-state index contributed by atoms with van der Waals surface area (Å²) < 4.78 is 13.3. The first-order valence-corrected chi connectivity index (χ1v) is 9.99. The number of hydrogen-bond donors (Lipinski definition) is 0. The number of fused-ring (bicyclic) bond motifs is 6. The van der Waals surface area contributed by atoms with E-state index in [0.717, 1.165) is 16.6 Å². The molecule has 31 heavy (non-hydrogen) atoms. The summed E-state index contributed by atoms with van der Waals surface area (Å²) in [7, 11) is 1.57. The third-order valence-electron chi connectivity index (χ3n) is 5.39. The fourth-order valence-corrected chi connectivity index (χ4v) is 4.04. The highest BCUT2D eigenvalue weighted by molar-refractivity contribution is 6.30. The van der Waals surface area contributed by atoms with Crippen LogP contribution in [0.1, 0.15) is 0 Å². The predicted molar refractivity (Wildman–Crippen MR) is 121 cm³/mol. The second-order valence-electron chi connectivity index (χ2n) is 7.18. The van der Waals surface area contributed by atoms with Gasteiger partial charge in [0.05, 0.1) is 23.5 Å². The van der Waals surface area contributed by atoms with E-state index in [1.165, 1.54) is 0 Å². The molecule has 3 heterocycles. The van der Waals surface area contributed by atoms with Gasteiger partial charge in [0.25, 0.3) is 0 Å². The van der Waals surface area contributed by atoms with Gasteiger partial charge in [-0.2, -0.15) is 4.98 Å². The average Bonchev–Trinajstić information content (AvgIpc) is 3.18. The SMILES string of the molecule is COc1ccc2c(=O)c3c(nc(-c4ccc(Cl)cc4)n4c5ccccc5nc34)oc2c1. The molecule has 0 radical (unpaired) electrons. The lowest BCUT2D eigenvalue weighted by molar-refractivity contribution is 0.414. The van der Waals surface area contributed by atoms with Crippen LogP contribution in [0.4, 0.5) is 0 Å². The lowest BCUT2D eigenvalue weighted by atomic mass is 10.1.